The second kappa shape index (κ2) is 5.49. The first-order chi connectivity index (χ1) is 7.91. The summed E-state index contributed by atoms with van der Waals surface area (Å²) in [6, 6.07) is 1.31. The number of carbonyl (C=O) groups is 2. The molecule has 3 N–H and O–H groups in total. The number of carboxylic acid groups (broad SMARTS) is 1. The summed E-state index contributed by atoms with van der Waals surface area (Å²) in [6.07, 6.45) is 1.39. The predicted octanol–water partition coefficient (Wildman–Crippen LogP) is 0.745. The monoisotopic (exact) mass is 257 g/mol. The van der Waals surface area contributed by atoms with Crippen LogP contribution in [0.25, 0.3) is 0 Å². The molecule has 92 valence electrons. The SMILES string of the molecule is CN(CCC(N)=O)c1ncc(C(=O)O)cc1Cl. The standard InChI is InChI=1S/C10H12ClN3O3/c1-14(3-2-8(12)15)9-7(11)4-6(5-13-9)10(16)17/h4-5H,2-3H2,1H3,(H2,12,15)(H,16,17). The summed E-state index contributed by atoms with van der Waals surface area (Å²) < 4.78 is 0. The minimum absolute atomic E-state index is 0.0158. The number of pyridine rings is 1. The van der Waals surface area contributed by atoms with Crippen LogP contribution in [0.4, 0.5) is 5.82 Å². The average molecular weight is 258 g/mol. The van der Waals surface area contributed by atoms with Crippen molar-refractivity contribution in [3.05, 3.63) is 22.8 Å². The van der Waals surface area contributed by atoms with Crippen LogP contribution in [0.2, 0.25) is 5.02 Å². The third-order valence-corrected chi connectivity index (χ3v) is 2.40. The van der Waals surface area contributed by atoms with Crippen LogP contribution < -0.4 is 10.6 Å². The third kappa shape index (κ3) is 3.60. The van der Waals surface area contributed by atoms with Crippen LogP contribution >= 0.6 is 11.6 Å². The Kier molecular flexibility index (Phi) is 4.28. The molecule has 1 aromatic rings. The van der Waals surface area contributed by atoms with Crippen LogP contribution in [0.3, 0.4) is 0 Å². The molecule has 1 amide bonds. The molecule has 0 aromatic carbocycles. The maximum absolute atomic E-state index is 10.7. The van der Waals surface area contributed by atoms with Gasteiger partial charge in [-0.1, -0.05) is 11.6 Å². The molecule has 17 heavy (non-hydrogen) atoms. The second-order valence-corrected chi connectivity index (χ2v) is 3.88. The third-order valence-electron chi connectivity index (χ3n) is 2.12. The highest BCUT2D eigenvalue weighted by molar-refractivity contribution is 6.33. The molecule has 1 aromatic heterocycles. The van der Waals surface area contributed by atoms with E-state index in [1.54, 1.807) is 11.9 Å². The molecule has 7 heteroatoms. The van der Waals surface area contributed by atoms with Crippen molar-refractivity contribution in [2.45, 2.75) is 6.42 Å². The van der Waals surface area contributed by atoms with Crippen LogP contribution in [0.5, 0.6) is 0 Å². The first kappa shape index (κ1) is 13.2. The van der Waals surface area contributed by atoms with Crippen molar-refractivity contribution in [2.75, 3.05) is 18.5 Å². The van der Waals surface area contributed by atoms with Gasteiger partial charge in [0.25, 0.3) is 0 Å². The van der Waals surface area contributed by atoms with Gasteiger partial charge in [-0.3, -0.25) is 4.79 Å². The zero-order chi connectivity index (χ0) is 13.0. The fourth-order valence-corrected chi connectivity index (χ4v) is 1.52. The lowest BCUT2D eigenvalue weighted by Gasteiger charge is -2.18. The lowest BCUT2D eigenvalue weighted by Crippen LogP contribution is -2.25. The molecule has 1 heterocycles. The van der Waals surface area contributed by atoms with Crippen LogP contribution in [0.15, 0.2) is 12.3 Å². The van der Waals surface area contributed by atoms with Crippen molar-refractivity contribution >= 4 is 29.3 Å². The predicted molar refractivity (Wildman–Crippen MR) is 63.3 cm³/mol. The van der Waals surface area contributed by atoms with Gasteiger partial charge in [0.15, 0.2) is 0 Å². The fraction of sp³-hybridized carbons (Fsp3) is 0.300. The maximum Gasteiger partial charge on any atom is 0.337 e. The molecule has 0 aliphatic rings. The number of halogens is 1. The maximum atomic E-state index is 10.7. The number of nitrogens with two attached hydrogens (primary N) is 1. The number of hydrogen-bond donors (Lipinski definition) is 2. The van der Waals surface area contributed by atoms with E-state index in [-0.39, 0.29) is 17.0 Å². The van der Waals surface area contributed by atoms with Gasteiger partial charge >= 0.3 is 5.97 Å². The van der Waals surface area contributed by atoms with E-state index in [2.05, 4.69) is 4.98 Å². The Morgan fingerprint density at radius 3 is 2.71 bits per heavy atom. The molecule has 0 radical (unpaired) electrons. The Hall–Kier alpha value is -1.82. The largest absolute Gasteiger partial charge is 0.478 e. The summed E-state index contributed by atoms with van der Waals surface area (Å²) >= 11 is 5.90. The average Bonchev–Trinajstić information content (AvgIpc) is 2.25. The number of aromatic carboxylic acids is 1. The number of amides is 1. The zero-order valence-electron chi connectivity index (χ0n) is 9.18. The Balaban J connectivity index is 2.84. The van der Waals surface area contributed by atoms with Gasteiger partial charge in [0.1, 0.15) is 5.82 Å². The molecular weight excluding hydrogens is 246 g/mol. The number of primary amides is 1. The lowest BCUT2D eigenvalue weighted by atomic mass is 10.3. The molecule has 1 rings (SSSR count). The van der Waals surface area contributed by atoms with E-state index in [0.717, 1.165) is 0 Å². The molecular formula is C10H12ClN3O3. The van der Waals surface area contributed by atoms with E-state index in [4.69, 9.17) is 22.4 Å². The highest BCUT2D eigenvalue weighted by Crippen LogP contribution is 2.23. The van der Waals surface area contributed by atoms with Crippen molar-refractivity contribution in [2.24, 2.45) is 5.73 Å². The van der Waals surface area contributed by atoms with Crippen molar-refractivity contribution in [3.8, 4) is 0 Å². The van der Waals surface area contributed by atoms with Gasteiger partial charge in [-0.05, 0) is 6.07 Å². The number of aromatic nitrogens is 1. The quantitative estimate of drug-likeness (QED) is 0.811. The van der Waals surface area contributed by atoms with Crippen molar-refractivity contribution < 1.29 is 14.7 Å². The molecule has 0 saturated carbocycles. The summed E-state index contributed by atoms with van der Waals surface area (Å²) in [6.45, 7) is 0.370. The van der Waals surface area contributed by atoms with Crippen molar-refractivity contribution in [1.82, 2.24) is 4.98 Å². The molecule has 0 fully saturated rings. The molecule has 0 aliphatic heterocycles. The van der Waals surface area contributed by atoms with Gasteiger partial charge in [-0.25, -0.2) is 9.78 Å². The minimum Gasteiger partial charge on any atom is -0.478 e. The van der Waals surface area contributed by atoms with E-state index in [1.165, 1.54) is 12.3 Å². The van der Waals surface area contributed by atoms with Crippen molar-refractivity contribution in [3.63, 3.8) is 0 Å². The first-order valence-corrected chi connectivity index (χ1v) is 5.18. The zero-order valence-corrected chi connectivity index (χ0v) is 9.94. The van der Waals surface area contributed by atoms with Gasteiger partial charge in [-0.2, -0.15) is 0 Å². The van der Waals surface area contributed by atoms with Crippen LogP contribution in [0, 0.1) is 0 Å². The van der Waals surface area contributed by atoms with Crippen LogP contribution in [-0.4, -0.2) is 35.6 Å². The molecule has 0 bridgehead atoms. The Morgan fingerprint density at radius 1 is 1.59 bits per heavy atom. The summed E-state index contributed by atoms with van der Waals surface area (Å²) in [5.74, 6) is -1.10. The van der Waals surface area contributed by atoms with Gasteiger partial charge in [0, 0.05) is 26.2 Å². The smallest absolute Gasteiger partial charge is 0.337 e. The highest BCUT2D eigenvalue weighted by Gasteiger charge is 2.12. The first-order valence-electron chi connectivity index (χ1n) is 4.80. The summed E-state index contributed by atoms with van der Waals surface area (Å²) in [4.78, 5) is 26.9. The number of rotatable bonds is 5. The van der Waals surface area contributed by atoms with E-state index in [0.29, 0.717) is 12.4 Å². The van der Waals surface area contributed by atoms with Crippen LogP contribution in [0.1, 0.15) is 16.8 Å². The molecule has 0 unspecified atom stereocenters. The lowest BCUT2D eigenvalue weighted by molar-refractivity contribution is -0.117. The summed E-state index contributed by atoms with van der Waals surface area (Å²) in [5.41, 5.74) is 5.04. The summed E-state index contributed by atoms with van der Waals surface area (Å²) in [5, 5.41) is 8.96. The van der Waals surface area contributed by atoms with E-state index >= 15 is 0 Å². The fourth-order valence-electron chi connectivity index (χ4n) is 1.21. The summed E-state index contributed by atoms with van der Waals surface area (Å²) in [7, 11) is 1.69. The topological polar surface area (TPSA) is 96.5 Å². The molecule has 0 saturated heterocycles. The van der Waals surface area contributed by atoms with E-state index in [1.807, 2.05) is 0 Å². The van der Waals surface area contributed by atoms with E-state index < -0.39 is 11.9 Å². The van der Waals surface area contributed by atoms with Gasteiger partial charge in [-0.15, -0.1) is 0 Å². The molecule has 0 spiro atoms. The number of carbonyl (C=O) groups excluding carboxylic acids is 1. The number of nitrogens with zero attached hydrogens (tertiary/aromatic N) is 2. The Bertz CT molecular complexity index is 450. The number of anilines is 1. The van der Waals surface area contributed by atoms with Gasteiger partial charge in [0.2, 0.25) is 5.91 Å². The van der Waals surface area contributed by atoms with Gasteiger partial charge in [0.05, 0.1) is 10.6 Å². The number of hydrogen-bond acceptors (Lipinski definition) is 4. The number of carboxylic acids is 1. The molecule has 6 nitrogen and oxygen atoms in total. The van der Waals surface area contributed by atoms with Gasteiger partial charge < -0.3 is 15.7 Å². The Labute approximate surface area is 103 Å². The van der Waals surface area contributed by atoms with E-state index in [9.17, 15) is 9.59 Å². The molecule has 0 aliphatic carbocycles. The van der Waals surface area contributed by atoms with Crippen LogP contribution in [-0.2, 0) is 4.79 Å². The Morgan fingerprint density at radius 2 is 2.24 bits per heavy atom. The second-order valence-electron chi connectivity index (χ2n) is 3.47. The highest BCUT2D eigenvalue weighted by atomic mass is 35.5. The molecule has 0 atom stereocenters. The normalized spacial score (nSPS) is 10.0. The van der Waals surface area contributed by atoms with Crippen molar-refractivity contribution in [1.29, 1.82) is 0 Å². The minimum atomic E-state index is -1.09.